The van der Waals surface area contributed by atoms with E-state index >= 15 is 0 Å². The second-order valence-electron chi connectivity index (χ2n) is 5.82. The number of benzene rings is 1. The Bertz CT molecular complexity index is 884. The molecule has 0 saturated carbocycles. The lowest BCUT2D eigenvalue weighted by molar-refractivity contribution is 0.116. The molecule has 0 aliphatic carbocycles. The molecule has 2 aliphatic rings. The lowest BCUT2D eigenvalue weighted by Crippen LogP contribution is -2.41. The largest absolute Gasteiger partial charge is 0.493 e. The van der Waals surface area contributed by atoms with Crippen LogP contribution in [0.25, 0.3) is 0 Å². The average Bonchev–Trinajstić information content (AvgIpc) is 2.56. The van der Waals surface area contributed by atoms with Crippen LogP contribution in [0.2, 0.25) is 0 Å². The van der Waals surface area contributed by atoms with Crippen molar-refractivity contribution in [2.24, 2.45) is 20.0 Å². The number of rotatable bonds is 0. The van der Waals surface area contributed by atoms with Crippen molar-refractivity contribution in [3.8, 4) is 11.6 Å². The van der Waals surface area contributed by atoms with Crippen LogP contribution in [0, 0.1) is 10.7 Å². The first-order valence-electron chi connectivity index (χ1n) is 7.24. The van der Waals surface area contributed by atoms with Crippen molar-refractivity contribution in [1.82, 2.24) is 9.13 Å². The van der Waals surface area contributed by atoms with Gasteiger partial charge < -0.3 is 9.47 Å². The Kier molecular flexibility index (Phi) is 2.91. The zero-order valence-corrected chi connectivity index (χ0v) is 13.2. The van der Waals surface area contributed by atoms with Crippen molar-refractivity contribution in [2.45, 2.75) is 5.92 Å². The highest BCUT2D eigenvalue weighted by Crippen LogP contribution is 2.45. The van der Waals surface area contributed by atoms with Crippen molar-refractivity contribution < 1.29 is 9.47 Å². The summed E-state index contributed by atoms with van der Waals surface area (Å²) in [5.41, 5.74) is 1.66. The zero-order valence-electron chi connectivity index (χ0n) is 12.4. The molecule has 2 aromatic rings. The van der Waals surface area contributed by atoms with E-state index in [4.69, 9.17) is 21.7 Å². The fourth-order valence-electron chi connectivity index (χ4n) is 3.43. The van der Waals surface area contributed by atoms with E-state index in [0.717, 1.165) is 11.3 Å². The second-order valence-corrected chi connectivity index (χ2v) is 6.19. The third-order valence-corrected chi connectivity index (χ3v) is 5.12. The van der Waals surface area contributed by atoms with Gasteiger partial charge in [-0.25, -0.2) is 0 Å². The predicted octanol–water partition coefficient (Wildman–Crippen LogP) is 1.99. The molecular weight excluding hydrogens is 300 g/mol. The molecular formula is C16H16N2O3S. The first kappa shape index (κ1) is 13.6. The summed E-state index contributed by atoms with van der Waals surface area (Å²) in [5.74, 6) is 1.58. The molecule has 1 aromatic heterocycles. The minimum atomic E-state index is -0.0792. The maximum Gasteiger partial charge on any atom is 0.261 e. The second kappa shape index (κ2) is 4.71. The van der Waals surface area contributed by atoms with Crippen LogP contribution in [0.3, 0.4) is 0 Å². The van der Waals surface area contributed by atoms with Crippen LogP contribution in [0.4, 0.5) is 0 Å². The van der Waals surface area contributed by atoms with Crippen LogP contribution >= 0.6 is 12.2 Å². The van der Waals surface area contributed by atoms with E-state index < -0.39 is 0 Å². The first-order valence-corrected chi connectivity index (χ1v) is 7.65. The molecule has 2 aliphatic heterocycles. The minimum absolute atomic E-state index is 0.00537. The van der Waals surface area contributed by atoms with Gasteiger partial charge in [-0.3, -0.25) is 13.9 Å². The van der Waals surface area contributed by atoms with E-state index in [2.05, 4.69) is 0 Å². The summed E-state index contributed by atoms with van der Waals surface area (Å²) in [6.07, 6.45) is 0. The number of nitrogens with zero attached hydrogens (tertiary/aromatic N) is 2. The van der Waals surface area contributed by atoms with Gasteiger partial charge in [-0.15, -0.1) is 0 Å². The van der Waals surface area contributed by atoms with E-state index in [1.165, 1.54) is 4.57 Å². The average molecular weight is 316 g/mol. The van der Waals surface area contributed by atoms with Crippen LogP contribution in [-0.4, -0.2) is 22.3 Å². The molecule has 0 saturated heterocycles. The number of hydrogen-bond acceptors (Lipinski definition) is 4. The Morgan fingerprint density at radius 3 is 2.68 bits per heavy atom. The standard InChI is InChI=1S/C16H16N2O3S/c1-17-14(19)13-12-9(8-21-15(13)18(2)16(17)22)7-20-11-6-4-3-5-10(11)12/h3-6,9,12H,7-8H2,1-2H3/t9-,12+/m0/s1. The topological polar surface area (TPSA) is 45.4 Å². The third-order valence-electron chi connectivity index (χ3n) is 4.57. The molecule has 114 valence electrons. The van der Waals surface area contributed by atoms with Gasteiger partial charge in [0.25, 0.3) is 5.56 Å². The quantitative estimate of drug-likeness (QED) is 0.697. The van der Waals surface area contributed by atoms with Crippen molar-refractivity contribution in [3.05, 3.63) is 50.5 Å². The molecule has 2 atom stereocenters. The van der Waals surface area contributed by atoms with Crippen LogP contribution in [0.1, 0.15) is 17.0 Å². The van der Waals surface area contributed by atoms with Gasteiger partial charge in [-0.1, -0.05) is 18.2 Å². The first-order chi connectivity index (χ1) is 10.6. The van der Waals surface area contributed by atoms with E-state index in [1.54, 1.807) is 11.6 Å². The summed E-state index contributed by atoms with van der Waals surface area (Å²) in [4.78, 5) is 12.8. The third kappa shape index (κ3) is 1.70. The molecule has 22 heavy (non-hydrogen) atoms. The normalized spacial score (nSPS) is 21.9. The molecule has 0 amide bonds. The van der Waals surface area contributed by atoms with Crippen molar-refractivity contribution in [3.63, 3.8) is 0 Å². The van der Waals surface area contributed by atoms with Gasteiger partial charge in [0.15, 0.2) is 4.77 Å². The Morgan fingerprint density at radius 2 is 1.86 bits per heavy atom. The number of aromatic nitrogens is 2. The summed E-state index contributed by atoms with van der Waals surface area (Å²) in [6, 6.07) is 7.91. The predicted molar refractivity (Wildman–Crippen MR) is 84.3 cm³/mol. The van der Waals surface area contributed by atoms with E-state index in [1.807, 2.05) is 31.3 Å². The Balaban J connectivity index is 2.05. The SMILES string of the molecule is Cn1c2c(c(=O)n(C)c1=S)[C@H]1c3ccccc3OC[C@H]1CO2. The van der Waals surface area contributed by atoms with Gasteiger partial charge in [0, 0.05) is 31.5 Å². The smallest absolute Gasteiger partial charge is 0.261 e. The fourth-order valence-corrected chi connectivity index (χ4v) is 3.60. The summed E-state index contributed by atoms with van der Waals surface area (Å²) < 4.78 is 15.4. The minimum Gasteiger partial charge on any atom is -0.493 e. The van der Waals surface area contributed by atoms with Crippen LogP contribution in [0.5, 0.6) is 11.6 Å². The number of para-hydroxylation sites is 1. The molecule has 1 aromatic carbocycles. The molecule has 0 unspecified atom stereocenters. The highest BCUT2D eigenvalue weighted by Gasteiger charge is 2.40. The van der Waals surface area contributed by atoms with Crippen LogP contribution < -0.4 is 15.0 Å². The van der Waals surface area contributed by atoms with E-state index in [-0.39, 0.29) is 17.4 Å². The Labute approximate surface area is 132 Å². The number of ether oxygens (including phenoxy) is 2. The van der Waals surface area contributed by atoms with Gasteiger partial charge in [-0.2, -0.15) is 0 Å². The molecule has 5 nitrogen and oxygen atoms in total. The highest BCUT2D eigenvalue weighted by molar-refractivity contribution is 7.71. The van der Waals surface area contributed by atoms with Gasteiger partial charge in [0.1, 0.15) is 5.75 Å². The lowest BCUT2D eigenvalue weighted by Gasteiger charge is -2.38. The number of fused-ring (bicyclic) bond motifs is 5. The molecule has 0 N–H and O–H groups in total. The van der Waals surface area contributed by atoms with Crippen molar-refractivity contribution >= 4 is 12.2 Å². The van der Waals surface area contributed by atoms with Gasteiger partial charge >= 0.3 is 0 Å². The van der Waals surface area contributed by atoms with Gasteiger partial charge in [-0.05, 0) is 18.3 Å². The van der Waals surface area contributed by atoms with Crippen molar-refractivity contribution in [2.75, 3.05) is 13.2 Å². The van der Waals surface area contributed by atoms with E-state index in [9.17, 15) is 4.79 Å². The fraction of sp³-hybridized carbons (Fsp3) is 0.375. The lowest BCUT2D eigenvalue weighted by atomic mass is 9.79. The van der Waals surface area contributed by atoms with Gasteiger partial charge in [0.2, 0.25) is 5.88 Å². The maximum atomic E-state index is 12.8. The van der Waals surface area contributed by atoms with Crippen molar-refractivity contribution in [1.29, 1.82) is 0 Å². The highest BCUT2D eigenvalue weighted by atomic mass is 32.1. The summed E-state index contributed by atoms with van der Waals surface area (Å²) >= 11 is 5.31. The van der Waals surface area contributed by atoms with Gasteiger partial charge in [0.05, 0.1) is 18.8 Å². The summed E-state index contributed by atoms with van der Waals surface area (Å²) in [7, 11) is 3.55. The molecule has 4 rings (SSSR count). The zero-order chi connectivity index (χ0) is 15.4. The Hall–Kier alpha value is -2.08. The molecule has 0 spiro atoms. The molecule has 0 fully saturated rings. The number of hydrogen-bond donors (Lipinski definition) is 0. The molecule has 3 heterocycles. The monoisotopic (exact) mass is 316 g/mol. The molecule has 0 bridgehead atoms. The maximum absolute atomic E-state index is 12.8. The summed E-state index contributed by atoms with van der Waals surface area (Å²) in [5, 5.41) is 0. The Morgan fingerprint density at radius 1 is 1.14 bits per heavy atom. The van der Waals surface area contributed by atoms with Crippen LogP contribution in [-0.2, 0) is 14.1 Å². The molecule has 0 radical (unpaired) electrons. The molecule has 6 heteroatoms. The summed E-state index contributed by atoms with van der Waals surface area (Å²) in [6.45, 7) is 1.09. The van der Waals surface area contributed by atoms with Crippen LogP contribution in [0.15, 0.2) is 29.1 Å². The van der Waals surface area contributed by atoms with E-state index in [0.29, 0.717) is 29.4 Å².